The van der Waals surface area contributed by atoms with Crippen LogP contribution in [-0.2, 0) is 15.8 Å². The second kappa shape index (κ2) is 6.19. The molecule has 0 aliphatic heterocycles. The Morgan fingerprint density at radius 3 is 2.43 bits per heavy atom. The lowest BCUT2D eigenvalue weighted by Gasteiger charge is -2.07. The van der Waals surface area contributed by atoms with Crippen LogP contribution in [0.4, 0.5) is 11.5 Å². The Kier molecular flexibility index (Phi) is 4.53. The fourth-order valence-electron chi connectivity index (χ4n) is 1.59. The summed E-state index contributed by atoms with van der Waals surface area (Å²) < 4.78 is 26.9. The van der Waals surface area contributed by atoms with Gasteiger partial charge in [-0.2, -0.15) is 0 Å². The summed E-state index contributed by atoms with van der Waals surface area (Å²) in [6, 6.07) is 10.2. The molecule has 0 aliphatic rings. The molecule has 7 nitrogen and oxygen atoms in total. The number of sulfonamides is 1. The van der Waals surface area contributed by atoms with Crippen LogP contribution in [0.1, 0.15) is 5.56 Å². The monoisotopic (exact) mass is 371 g/mol. The van der Waals surface area contributed by atoms with Gasteiger partial charge in [0.2, 0.25) is 10.0 Å². The number of hydrogen-bond acceptors (Lipinski definition) is 5. The van der Waals surface area contributed by atoms with Gasteiger partial charge in [0.15, 0.2) is 0 Å². The third-order valence-corrected chi connectivity index (χ3v) is 4.15. The number of hydrogen-bond donors (Lipinski definition) is 1. The van der Waals surface area contributed by atoms with E-state index in [1.165, 1.54) is 30.3 Å². The highest BCUT2D eigenvalue weighted by atomic mass is 79.9. The maximum atomic E-state index is 12.0. The summed E-state index contributed by atoms with van der Waals surface area (Å²) in [7, 11) is -3.64. The van der Waals surface area contributed by atoms with Crippen molar-refractivity contribution in [1.29, 1.82) is 0 Å². The summed E-state index contributed by atoms with van der Waals surface area (Å²) in [6.07, 6.45) is 0. The molecule has 0 bridgehead atoms. The Morgan fingerprint density at radius 1 is 1.19 bits per heavy atom. The predicted molar refractivity (Wildman–Crippen MR) is 81.3 cm³/mol. The highest BCUT2D eigenvalue weighted by Crippen LogP contribution is 2.16. The van der Waals surface area contributed by atoms with Crippen molar-refractivity contribution in [1.82, 2.24) is 4.98 Å². The van der Waals surface area contributed by atoms with Crippen molar-refractivity contribution in [3.05, 3.63) is 62.7 Å². The molecule has 0 saturated heterocycles. The van der Waals surface area contributed by atoms with Crippen molar-refractivity contribution in [2.24, 2.45) is 0 Å². The van der Waals surface area contributed by atoms with E-state index < -0.39 is 14.9 Å². The van der Waals surface area contributed by atoms with E-state index in [1.54, 1.807) is 12.1 Å². The van der Waals surface area contributed by atoms with E-state index in [4.69, 9.17) is 0 Å². The lowest BCUT2D eigenvalue weighted by atomic mass is 10.2. The summed E-state index contributed by atoms with van der Waals surface area (Å²) in [5, 5.41) is 10.5. The number of nitrogens with one attached hydrogen (secondary N) is 1. The smallest absolute Gasteiger partial charge is 0.267 e. The maximum absolute atomic E-state index is 12.0. The SMILES string of the molecule is O=[N+]([O-])c1ccc(CS(=O)(=O)Nc2cccc(Br)n2)cc1. The molecular formula is C12H10BrN3O4S. The zero-order valence-electron chi connectivity index (χ0n) is 10.6. The Hall–Kier alpha value is -2.00. The van der Waals surface area contributed by atoms with Gasteiger partial charge in [-0.05, 0) is 33.6 Å². The molecule has 0 aliphatic carbocycles. The second-order valence-electron chi connectivity index (χ2n) is 4.13. The molecule has 0 saturated carbocycles. The summed E-state index contributed by atoms with van der Waals surface area (Å²) in [5.74, 6) is -0.0922. The first-order valence-corrected chi connectivity index (χ1v) is 8.17. The number of halogens is 1. The number of nitro benzene ring substituents is 1. The molecule has 0 unspecified atom stereocenters. The van der Waals surface area contributed by atoms with Gasteiger partial charge in [-0.15, -0.1) is 0 Å². The van der Waals surface area contributed by atoms with Crippen LogP contribution in [-0.4, -0.2) is 18.3 Å². The van der Waals surface area contributed by atoms with E-state index in [1.807, 2.05) is 0 Å². The van der Waals surface area contributed by atoms with Gasteiger partial charge in [-0.25, -0.2) is 13.4 Å². The largest absolute Gasteiger partial charge is 0.269 e. The van der Waals surface area contributed by atoms with Gasteiger partial charge >= 0.3 is 0 Å². The molecule has 21 heavy (non-hydrogen) atoms. The van der Waals surface area contributed by atoms with Crippen LogP contribution in [0.2, 0.25) is 0 Å². The quantitative estimate of drug-likeness (QED) is 0.494. The van der Waals surface area contributed by atoms with Gasteiger partial charge in [-0.1, -0.05) is 18.2 Å². The molecule has 9 heteroatoms. The summed E-state index contributed by atoms with van der Waals surface area (Å²) in [5.41, 5.74) is 0.362. The number of non-ortho nitro benzene ring substituents is 1. The number of benzene rings is 1. The molecule has 1 N–H and O–H groups in total. The molecular weight excluding hydrogens is 362 g/mol. The first-order valence-electron chi connectivity index (χ1n) is 5.72. The van der Waals surface area contributed by atoms with Gasteiger partial charge in [0.05, 0.1) is 10.7 Å². The number of anilines is 1. The molecule has 110 valence electrons. The van der Waals surface area contributed by atoms with Crippen molar-refractivity contribution in [2.75, 3.05) is 4.72 Å². The van der Waals surface area contributed by atoms with Crippen LogP contribution in [0.15, 0.2) is 47.1 Å². The molecule has 2 rings (SSSR count). The first kappa shape index (κ1) is 15.4. The number of rotatable bonds is 5. The number of nitrogens with zero attached hydrogens (tertiary/aromatic N) is 2. The Morgan fingerprint density at radius 2 is 1.86 bits per heavy atom. The van der Waals surface area contributed by atoms with Crippen LogP contribution < -0.4 is 4.72 Å². The fraction of sp³-hybridized carbons (Fsp3) is 0.0833. The van der Waals surface area contributed by atoms with E-state index in [2.05, 4.69) is 25.6 Å². The molecule has 0 atom stereocenters. The third-order valence-electron chi connectivity index (χ3n) is 2.48. The average molecular weight is 372 g/mol. The lowest BCUT2D eigenvalue weighted by molar-refractivity contribution is -0.384. The molecule has 1 heterocycles. The van der Waals surface area contributed by atoms with E-state index in [-0.39, 0.29) is 17.3 Å². The molecule has 2 aromatic rings. The van der Waals surface area contributed by atoms with Crippen molar-refractivity contribution in [3.63, 3.8) is 0 Å². The molecule has 0 radical (unpaired) electrons. The molecule has 1 aromatic carbocycles. The van der Waals surface area contributed by atoms with Crippen LogP contribution in [0, 0.1) is 10.1 Å². The van der Waals surface area contributed by atoms with E-state index >= 15 is 0 Å². The molecule has 0 amide bonds. The van der Waals surface area contributed by atoms with Gasteiger partial charge in [0, 0.05) is 12.1 Å². The Balaban J connectivity index is 2.12. The number of aromatic nitrogens is 1. The highest BCUT2D eigenvalue weighted by molar-refractivity contribution is 9.10. The second-order valence-corrected chi connectivity index (χ2v) is 6.67. The van der Waals surface area contributed by atoms with Gasteiger partial charge in [0.1, 0.15) is 10.4 Å². The minimum atomic E-state index is -3.64. The normalized spacial score (nSPS) is 11.1. The summed E-state index contributed by atoms with van der Waals surface area (Å²) >= 11 is 3.15. The zero-order valence-corrected chi connectivity index (χ0v) is 13.0. The fourth-order valence-corrected chi connectivity index (χ4v) is 3.07. The number of pyridine rings is 1. The van der Waals surface area contributed by atoms with Crippen molar-refractivity contribution in [3.8, 4) is 0 Å². The van der Waals surface area contributed by atoms with Crippen molar-refractivity contribution in [2.45, 2.75) is 5.75 Å². The molecule has 1 aromatic heterocycles. The van der Waals surface area contributed by atoms with E-state index in [0.717, 1.165) is 0 Å². The van der Waals surface area contributed by atoms with Crippen LogP contribution in [0.3, 0.4) is 0 Å². The Bertz CT molecular complexity index is 762. The first-order chi connectivity index (χ1) is 9.85. The standard InChI is InChI=1S/C12H10BrN3O4S/c13-11-2-1-3-12(14-11)15-21(19,20)8-9-4-6-10(7-5-9)16(17)18/h1-7H,8H2,(H,14,15). The van der Waals surface area contributed by atoms with Crippen LogP contribution >= 0.6 is 15.9 Å². The van der Waals surface area contributed by atoms with E-state index in [9.17, 15) is 18.5 Å². The van der Waals surface area contributed by atoms with E-state index in [0.29, 0.717) is 10.2 Å². The number of nitro groups is 1. The average Bonchev–Trinajstić information content (AvgIpc) is 2.38. The highest BCUT2D eigenvalue weighted by Gasteiger charge is 2.14. The van der Waals surface area contributed by atoms with Gasteiger partial charge in [0.25, 0.3) is 5.69 Å². The zero-order chi connectivity index (χ0) is 15.5. The maximum Gasteiger partial charge on any atom is 0.269 e. The minimum Gasteiger partial charge on any atom is -0.267 e. The summed E-state index contributed by atoms with van der Waals surface area (Å²) in [4.78, 5) is 14.0. The lowest BCUT2D eigenvalue weighted by Crippen LogP contribution is -2.15. The van der Waals surface area contributed by atoms with Crippen LogP contribution in [0.5, 0.6) is 0 Å². The van der Waals surface area contributed by atoms with Gasteiger partial charge in [-0.3, -0.25) is 14.8 Å². The Labute approximate surface area is 129 Å². The van der Waals surface area contributed by atoms with Crippen LogP contribution in [0.25, 0.3) is 0 Å². The molecule has 0 fully saturated rings. The topological polar surface area (TPSA) is 102 Å². The molecule has 0 spiro atoms. The summed E-state index contributed by atoms with van der Waals surface area (Å²) in [6.45, 7) is 0. The minimum absolute atomic E-state index is 0.0854. The predicted octanol–water partition coefficient (Wildman–Crippen LogP) is 2.69. The van der Waals surface area contributed by atoms with Crippen molar-refractivity contribution < 1.29 is 13.3 Å². The van der Waals surface area contributed by atoms with Gasteiger partial charge < -0.3 is 0 Å². The van der Waals surface area contributed by atoms with Crippen molar-refractivity contribution >= 4 is 37.5 Å². The third kappa shape index (κ3) is 4.50.